The fraction of sp³-hybridized carbons (Fsp3) is 0.217. The third kappa shape index (κ3) is 4.32. The second-order valence-corrected chi connectivity index (χ2v) is 7.92. The van der Waals surface area contributed by atoms with Crippen molar-refractivity contribution < 1.29 is 4.79 Å². The van der Waals surface area contributed by atoms with Gasteiger partial charge in [0.05, 0.1) is 6.04 Å². The molecule has 1 aliphatic rings. The average Bonchev–Trinajstić information content (AvgIpc) is 2.75. The van der Waals surface area contributed by atoms with Crippen LogP contribution in [0.15, 0.2) is 77.5 Å². The number of carbonyl (C=O) groups is 1. The normalized spacial score (nSPS) is 14.9. The summed E-state index contributed by atoms with van der Waals surface area (Å²) in [6.07, 6.45) is 4.71. The van der Waals surface area contributed by atoms with E-state index in [0.717, 1.165) is 29.5 Å². The van der Waals surface area contributed by atoms with E-state index in [-0.39, 0.29) is 11.9 Å². The smallest absolute Gasteiger partial charge is 0.251 e. The van der Waals surface area contributed by atoms with E-state index in [4.69, 9.17) is 0 Å². The molecule has 0 spiro atoms. The SMILES string of the molecule is O=C(NC[C@H](c1cccnc1)N1CCc2ccccc2C1)c1ccc(Br)cc1. The summed E-state index contributed by atoms with van der Waals surface area (Å²) in [6.45, 7) is 2.39. The van der Waals surface area contributed by atoms with Gasteiger partial charge in [-0.25, -0.2) is 0 Å². The summed E-state index contributed by atoms with van der Waals surface area (Å²) in [6, 6.07) is 20.2. The molecule has 2 heterocycles. The van der Waals surface area contributed by atoms with Gasteiger partial charge in [0, 0.05) is 42.1 Å². The molecule has 1 amide bonds. The molecule has 3 aromatic rings. The van der Waals surface area contributed by atoms with Crippen molar-refractivity contribution in [3.63, 3.8) is 0 Å². The Kier molecular flexibility index (Phi) is 5.84. The van der Waals surface area contributed by atoms with Crippen molar-refractivity contribution in [3.05, 3.63) is 99.8 Å². The van der Waals surface area contributed by atoms with Crippen LogP contribution in [0.1, 0.15) is 33.1 Å². The van der Waals surface area contributed by atoms with Crippen molar-refractivity contribution in [1.82, 2.24) is 15.2 Å². The number of pyridine rings is 1. The number of carbonyl (C=O) groups excluding carboxylic acids is 1. The lowest BCUT2D eigenvalue weighted by Crippen LogP contribution is -2.40. The van der Waals surface area contributed by atoms with Crippen LogP contribution in [-0.4, -0.2) is 28.9 Å². The van der Waals surface area contributed by atoms with Crippen LogP contribution in [0.2, 0.25) is 0 Å². The minimum Gasteiger partial charge on any atom is -0.350 e. The van der Waals surface area contributed by atoms with E-state index in [9.17, 15) is 4.79 Å². The Hall–Kier alpha value is -2.50. The van der Waals surface area contributed by atoms with Crippen LogP contribution in [0.5, 0.6) is 0 Å². The molecule has 0 saturated carbocycles. The molecule has 5 heteroatoms. The number of aromatic nitrogens is 1. The summed E-state index contributed by atoms with van der Waals surface area (Å²) in [4.78, 5) is 19.3. The Bertz CT molecular complexity index is 944. The third-order valence-electron chi connectivity index (χ3n) is 5.23. The van der Waals surface area contributed by atoms with Crippen molar-refractivity contribution in [2.24, 2.45) is 0 Å². The lowest BCUT2D eigenvalue weighted by molar-refractivity contribution is 0.0927. The fourth-order valence-electron chi connectivity index (χ4n) is 3.71. The minimum atomic E-state index is -0.0567. The predicted molar refractivity (Wildman–Crippen MR) is 114 cm³/mol. The number of amides is 1. The molecule has 0 bridgehead atoms. The standard InChI is InChI=1S/C23H22BrN3O/c24-21-9-7-18(8-10-21)23(28)26-15-22(19-6-3-12-25-14-19)27-13-11-17-4-1-2-5-20(17)16-27/h1-10,12,14,22H,11,13,15-16H2,(H,26,28)/t22-/m1/s1. The first-order chi connectivity index (χ1) is 13.7. The summed E-state index contributed by atoms with van der Waals surface area (Å²) in [7, 11) is 0. The van der Waals surface area contributed by atoms with Gasteiger partial charge in [0.2, 0.25) is 0 Å². The van der Waals surface area contributed by atoms with Crippen molar-refractivity contribution in [3.8, 4) is 0 Å². The Balaban J connectivity index is 1.52. The van der Waals surface area contributed by atoms with Crippen LogP contribution in [0.25, 0.3) is 0 Å². The van der Waals surface area contributed by atoms with E-state index in [1.165, 1.54) is 11.1 Å². The summed E-state index contributed by atoms with van der Waals surface area (Å²) in [5, 5.41) is 3.11. The van der Waals surface area contributed by atoms with Gasteiger partial charge < -0.3 is 5.32 Å². The van der Waals surface area contributed by atoms with Gasteiger partial charge in [0.25, 0.3) is 5.91 Å². The summed E-state index contributed by atoms with van der Waals surface area (Å²) in [5.74, 6) is -0.0567. The Labute approximate surface area is 173 Å². The lowest BCUT2D eigenvalue weighted by atomic mass is 9.97. The molecule has 0 saturated heterocycles. The molecule has 4 nitrogen and oxygen atoms in total. The molecular formula is C23H22BrN3O. The molecule has 1 aromatic heterocycles. The molecule has 1 N–H and O–H groups in total. The molecule has 142 valence electrons. The number of nitrogens with one attached hydrogen (secondary N) is 1. The number of rotatable bonds is 5. The first-order valence-electron chi connectivity index (χ1n) is 9.45. The highest BCUT2D eigenvalue weighted by molar-refractivity contribution is 9.10. The number of fused-ring (bicyclic) bond motifs is 1. The highest BCUT2D eigenvalue weighted by Crippen LogP contribution is 2.27. The van der Waals surface area contributed by atoms with Gasteiger partial charge in [0.15, 0.2) is 0 Å². The Morgan fingerprint density at radius 2 is 1.86 bits per heavy atom. The van der Waals surface area contributed by atoms with Crippen molar-refractivity contribution in [1.29, 1.82) is 0 Å². The fourth-order valence-corrected chi connectivity index (χ4v) is 3.97. The molecule has 4 rings (SSSR count). The predicted octanol–water partition coefficient (Wildman–Crippen LogP) is 4.37. The van der Waals surface area contributed by atoms with Crippen molar-refractivity contribution in [2.45, 2.75) is 19.0 Å². The third-order valence-corrected chi connectivity index (χ3v) is 5.76. The number of hydrogen-bond donors (Lipinski definition) is 1. The van der Waals surface area contributed by atoms with Crippen LogP contribution in [0.3, 0.4) is 0 Å². The zero-order valence-corrected chi connectivity index (χ0v) is 17.1. The highest BCUT2D eigenvalue weighted by atomic mass is 79.9. The van der Waals surface area contributed by atoms with Crippen LogP contribution in [0, 0.1) is 0 Å². The zero-order chi connectivity index (χ0) is 19.3. The molecule has 2 aromatic carbocycles. The Morgan fingerprint density at radius 1 is 1.07 bits per heavy atom. The maximum Gasteiger partial charge on any atom is 0.251 e. The second-order valence-electron chi connectivity index (χ2n) is 7.01. The first kappa shape index (κ1) is 18.8. The minimum absolute atomic E-state index is 0.0567. The molecular weight excluding hydrogens is 414 g/mol. The van der Waals surface area contributed by atoms with E-state index in [0.29, 0.717) is 12.1 Å². The van der Waals surface area contributed by atoms with Gasteiger partial charge >= 0.3 is 0 Å². The van der Waals surface area contributed by atoms with Gasteiger partial charge in [-0.15, -0.1) is 0 Å². The van der Waals surface area contributed by atoms with E-state index in [1.54, 1.807) is 6.20 Å². The van der Waals surface area contributed by atoms with Gasteiger partial charge in [-0.05, 0) is 53.4 Å². The summed E-state index contributed by atoms with van der Waals surface area (Å²) >= 11 is 3.41. The first-order valence-corrected chi connectivity index (χ1v) is 10.2. The quantitative estimate of drug-likeness (QED) is 0.646. The van der Waals surface area contributed by atoms with Crippen molar-refractivity contribution in [2.75, 3.05) is 13.1 Å². The van der Waals surface area contributed by atoms with Gasteiger partial charge in [-0.2, -0.15) is 0 Å². The zero-order valence-electron chi connectivity index (χ0n) is 15.5. The van der Waals surface area contributed by atoms with Gasteiger partial charge in [-0.3, -0.25) is 14.7 Å². The van der Waals surface area contributed by atoms with E-state index in [2.05, 4.69) is 61.5 Å². The molecule has 1 atom stereocenters. The average molecular weight is 436 g/mol. The number of benzene rings is 2. The molecule has 1 aliphatic heterocycles. The lowest BCUT2D eigenvalue weighted by Gasteiger charge is -2.36. The molecule has 28 heavy (non-hydrogen) atoms. The molecule has 0 unspecified atom stereocenters. The summed E-state index contributed by atoms with van der Waals surface area (Å²) < 4.78 is 0.962. The number of nitrogens with zero attached hydrogens (tertiary/aromatic N) is 2. The maximum atomic E-state index is 12.6. The Morgan fingerprint density at radius 3 is 2.61 bits per heavy atom. The number of halogens is 1. The van der Waals surface area contributed by atoms with Gasteiger partial charge in [-0.1, -0.05) is 46.3 Å². The largest absolute Gasteiger partial charge is 0.350 e. The van der Waals surface area contributed by atoms with Crippen LogP contribution < -0.4 is 5.32 Å². The van der Waals surface area contributed by atoms with Crippen molar-refractivity contribution >= 4 is 21.8 Å². The topological polar surface area (TPSA) is 45.2 Å². The van der Waals surface area contributed by atoms with Crippen LogP contribution >= 0.6 is 15.9 Å². The van der Waals surface area contributed by atoms with E-state index < -0.39 is 0 Å². The summed E-state index contributed by atoms with van der Waals surface area (Å²) in [5.41, 5.74) is 4.57. The van der Waals surface area contributed by atoms with E-state index in [1.807, 2.05) is 36.5 Å². The second kappa shape index (κ2) is 8.67. The highest BCUT2D eigenvalue weighted by Gasteiger charge is 2.25. The van der Waals surface area contributed by atoms with E-state index >= 15 is 0 Å². The maximum absolute atomic E-state index is 12.6. The monoisotopic (exact) mass is 435 g/mol. The molecule has 0 fully saturated rings. The molecule has 0 aliphatic carbocycles. The van der Waals surface area contributed by atoms with Crippen LogP contribution in [-0.2, 0) is 13.0 Å². The number of hydrogen-bond acceptors (Lipinski definition) is 3. The van der Waals surface area contributed by atoms with Crippen LogP contribution in [0.4, 0.5) is 0 Å². The van der Waals surface area contributed by atoms with Gasteiger partial charge in [0.1, 0.15) is 0 Å². The molecule has 0 radical (unpaired) electrons.